The molecule has 1 fully saturated rings. The van der Waals surface area contributed by atoms with Crippen LogP contribution in [0.4, 0.5) is 21.5 Å². The van der Waals surface area contributed by atoms with Gasteiger partial charge < -0.3 is 19.6 Å². The summed E-state index contributed by atoms with van der Waals surface area (Å²) in [6, 6.07) is 16.3. The highest BCUT2D eigenvalue weighted by molar-refractivity contribution is 6.28. The van der Waals surface area contributed by atoms with Crippen LogP contribution in [-0.4, -0.2) is 43.7 Å². The van der Waals surface area contributed by atoms with E-state index in [0.29, 0.717) is 22.8 Å². The van der Waals surface area contributed by atoms with Crippen LogP contribution in [0.5, 0.6) is 0 Å². The van der Waals surface area contributed by atoms with Gasteiger partial charge in [-0.2, -0.15) is 0 Å². The van der Waals surface area contributed by atoms with E-state index < -0.39 is 0 Å². The molecule has 35 heavy (non-hydrogen) atoms. The van der Waals surface area contributed by atoms with Crippen molar-refractivity contribution in [1.82, 2.24) is 5.16 Å². The molecular formula is C28H27FN4O2. The van der Waals surface area contributed by atoms with Crippen LogP contribution in [0.25, 0.3) is 22.2 Å². The minimum Gasteiger partial charge on any atom is -0.384 e. The number of hydrogen-bond acceptors (Lipinski definition) is 6. The van der Waals surface area contributed by atoms with E-state index in [0.717, 1.165) is 66.3 Å². The largest absolute Gasteiger partial charge is 0.384 e. The van der Waals surface area contributed by atoms with E-state index in [9.17, 15) is 9.18 Å². The molecule has 1 aliphatic carbocycles. The maximum absolute atomic E-state index is 13.6. The zero-order valence-electron chi connectivity index (χ0n) is 19.8. The molecule has 7 heteroatoms. The van der Waals surface area contributed by atoms with Gasteiger partial charge in [-0.15, -0.1) is 0 Å². The Morgan fingerprint density at radius 3 is 2.40 bits per heavy atom. The second kappa shape index (κ2) is 8.41. The molecule has 0 atom stereocenters. The number of halogens is 1. The quantitative estimate of drug-likeness (QED) is 0.362. The summed E-state index contributed by atoms with van der Waals surface area (Å²) in [5.74, 6) is 0.856. The standard InChI is InChI=1S/C28H27FN4O2/c1-17(2)16-30-22-15-23(33-13-11-32(12-14-33)19-9-7-18(29)8-10-19)26-25-24(22)27(34)20-5-3-4-6-21(20)28(25)35-31-26/h3-10,15,17,30H,11-14,16H2,1-2H3. The maximum atomic E-state index is 13.6. The molecule has 6 rings (SSSR count). The average Bonchev–Trinajstić information content (AvgIpc) is 3.32. The molecule has 0 radical (unpaired) electrons. The number of carbonyl (C=O) groups excluding carboxylic acids is 1. The van der Waals surface area contributed by atoms with Crippen LogP contribution < -0.4 is 15.1 Å². The highest BCUT2D eigenvalue weighted by Gasteiger charge is 2.34. The number of rotatable bonds is 5. The van der Waals surface area contributed by atoms with Gasteiger partial charge in [0.05, 0.1) is 16.6 Å². The number of aromatic nitrogens is 1. The summed E-state index contributed by atoms with van der Waals surface area (Å²) in [6.07, 6.45) is 0. The molecule has 1 saturated heterocycles. The van der Waals surface area contributed by atoms with Crippen molar-refractivity contribution in [3.05, 3.63) is 71.5 Å². The number of benzene rings is 3. The minimum absolute atomic E-state index is 0.000218. The van der Waals surface area contributed by atoms with Gasteiger partial charge >= 0.3 is 0 Å². The molecule has 0 bridgehead atoms. The number of anilines is 3. The summed E-state index contributed by atoms with van der Waals surface area (Å²) in [7, 11) is 0. The zero-order chi connectivity index (χ0) is 24.1. The third kappa shape index (κ3) is 3.62. The van der Waals surface area contributed by atoms with Crippen molar-refractivity contribution < 1.29 is 13.7 Å². The first-order chi connectivity index (χ1) is 17.0. The fourth-order valence-electron chi connectivity index (χ4n) is 5.09. The molecular weight excluding hydrogens is 443 g/mol. The van der Waals surface area contributed by atoms with Crippen LogP contribution in [0.15, 0.2) is 59.1 Å². The molecule has 3 aromatic carbocycles. The Hall–Kier alpha value is -3.87. The predicted octanol–water partition coefficient (Wildman–Crippen LogP) is 5.57. The number of ketones is 1. The van der Waals surface area contributed by atoms with Crippen LogP contribution in [0.3, 0.4) is 0 Å². The summed E-state index contributed by atoms with van der Waals surface area (Å²) in [5, 5.41) is 8.78. The van der Waals surface area contributed by atoms with Crippen LogP contribution >= 0.6 is 0 Å². The normalized spacial score (nSPS) is 15.1. The first kappa shape index (κ1) is 21.6. The lowest BCUT2D eigenvalue weighted by molar-refractivity contribution is 0.104. The summed E-state index contributed by atoms with van der Waals surface area (Å²) < 4.78 is 19.2. The van der Waals surface area contributed by atoms with E-state index in [4.69, 9.17) is 4.52 Å². The van der Waals surface area contributed by atoms with Crippen molar-refractivity contribution in [2.75, 3.05) is 47.8 Å². The lowest BCUT2D eigenvalue weighted by Gasteiger charge is -2.37. The third-order valence-corrected chi connectivity index (χ3v) is 6.89. The fraction of sp³-hybridized carbons (Fsp3) is 0.286. The van der Waals surface area contributed by atoms with E-state index in [-0.39, 0.29) is 11.6 Å². The number of fused-ring (bicyclic) bond motifs is 2. The number of carbonyl (C=O) groups is 1. The van der Waals surface area contributed by atoms with Crippen molar-refractivity contribution in [3.8, 4) is 11.3 Å². The van der Waals surface area contributed by atoms with Gasteiger partial charge in [0.25, 0.3) is 0 Å². The molecule has 2 heterocycles. The molecule has 2 aliphatic rings. The number of nitrogens with zero attached hydrogens (tertiary/aromatic N) is 3. The summed E-state index contributed by atoms with van der Waals surface area (Å²) in [4.78, 5) is 18.2. The summed E-state index contributed by atoms with van der Waals surface area (Å²) in [5.41, 5.74) is 5.62. The second-order valence-corrected chi connectivity index (χ2v) is 9.65. The fourth-order valence-corrected chi connectivity index (χ4v) is 5.09. The minimum atomic E-state index is -0.226. The van der Waals surface area contributed by atoms with Crippen molar-refractivity contribution in [3.63, 3.8) is 0 Å². The first-order valence-corrected chi connectivity index (χ1v) is 12.1. The molecule has 1 aliphatic heterocycles. The number of piperazine rings is 1. The molecule has 0 unspecified atom stereocenters. The van der Waals surface area contributed by atoms with Crippen molar-refractivity contribution in [1.29, 1.82) is 0 Å². The van der Waals surface area contributed by atoms with Gasteiger partial charge in [0.2, 0.25) is 0 Å². The zero-order valence-corrected chi connectivity index (χ0v) is 19.8. The summed E-state index contributed by atoms with van der Waals surface area (Å²) >= 11 is 0. The van der Waals surface area contributed by atoms with Crippen LogP contribution in [0, 0.1) is 11.7 Å². The van der Waals surface area contributed by atoms with Gasteiger partial charge in [0, 0.05) is 55.2 Å². The lowest BCUT2D eigenvalue weighted by Crippen LogP contribution is -2.46. The molecule has 6 nitrogen and oxygen atoms in total. The molecule has 178 valence electrons. The number of hydrogen-bond donors (Lipinski definition) is 1. The third-order valence-electron chi connectivity index (χ3n) is 6.89. The van der Waals surface area contributed by atoms with Crippen LogP contribution in [-0.2, 0) is 0 Å². The number of nitrogens with one attached hydrogen (secondary N) is 1. The Balaban J connectivity index is 1.41. The Morgan fingerprint density at radius 2 is 1.69 bits per heavy atom. The molecule has 4 aromatic rings. The Kier molecular flexibility index (Phi) is 5.20. The van der Waals surface area contributed by atoms with Gasteiger partial charge in [-0.25, -0.2) is 4.39 Å². The smallest absolute Gasteiger partial charge is 0.196 e. The first-order valence-electron chi connectivity index (χ1n) is 12.1. The van der Waals surface area contributed by atoms with Gasteiger partial charge in [-0.05, 0) is 36.2 Å². The van der Waals surface area contributed by atoms with Crippen LogP contribution in [0.1, 0.15) is 29.8 Å². The highest BCUT2D eigenvalue weighted by Crippen LogP contribution is 2.46. The monoisotopic (exact) mass is 470 g/mol. The molecule has 1 N–H and O–H groups in total. The van der Waals surface area contributed by atoms with E-state index in [1.165, 1.54) is 12.1 Å². The topological polar surface area (TPSA) is 61.6 Å². The van der Waals surface area contributed by atoms with E-state index in [1.54, 1.807) is 0 Å². The van der Waals surface area contributed by atoms with Crippen molar-refractivity contribution in [2.24, 2.45) is 5.92 Å². The Bertz CT molecular complexity index is 1420. The molecule has 0 saturated carbocycles. The predicted molar refractivity (Wildman–Crippen MR) is 137 cm³/mol. The Labute approximate surface area is 203 Å². The SMILES string of the molecule is CC(C)CNc1cc(N2CCN(c3ccc(F)cc3)CC2)c2noc3c2c1C(=O)c1ccccc1-3. The van der Waals surface area contributed by atoms with Gasteiger partial charge in [0.15, 0.2) is 11.5 Å². The van der Waals surface area contributed by atoms with E-state index >= 15 is 0 Å². The van der Waals surface area contributed by atoms with Crippen LogP contribution in [0.2, 0.25) is 0 Å². The van der Waals surface area contributed by atoms with Gasteiger partial charge in [-0.3, -0.25) is 4.79 Å². The van der Waals surface area contributed by atoms with Crippen molar-refractivity contribution in [2.45, 2.75) is 13.8 Å². The van der Waals surface area contributed by atoms with Gasteiger partial charge in [-0.1, -0.05) is 43.3 Å². The summed E-state index contributed by atoms with van der Waals surface area (Å²) in [6.45, 7) is 8.21. The molecule has 0 spiro atoms. The Morgan fingerprint density at radius 1 is 1.00 bits per heavy atom. The van der Waals surface area contributed by atoms with E-state index in [1.807, 2.05) is 36.4 Å². The lowest BCUT2D eigenvalue weighted by atomic mass is 9.86. The maximum Gasteiger partial charge on any atom is 0.196 e. The highest BCUT2D eigenvalue weighted by atomic mass is 19.1. The average molecular weight is 471 g/mol. The van der Waals surface area contributed by atoms with Gasteiger partial charge in [0.1, 0.15) is 11.3 Å². The van der Waals surface area contributed by atoms with Crippen molar-refractivity contribution >= 4 is 33.7 Å². The second-order valence-electron chi connectivity index (χ2n) is 9.65. The molecule has 1 aromatic heterocycles. The van der Waals surface area contributed by atoms with E-state index in [2.05, 4.69) is 40.2 Å². The molecule has 0 amide bonds.